The third-order valence-electron chi connectivity index (χ3n) is 2.98. The molecule has 1 heterocycles. The highest BCUT2D eigenvalue weighted by atomic mass is 16.5. The Bertz CT molecular complexity index is 530. The zero-order valence-corrected chi connectivity index (χ0v) is 12.2. The van der Waals surface area contributed by atoms with Gasteiger partial charge in [0.15, 0.2) is 5.78 Å². The molecule has 6 nitrogen and oxygen atoms in total. The molecular formula is C14H19NO5. The number of rotatable bonds is 6. The predicted octanol–water partition coefficient (Wildman–Crippen LogP) is 1.94. The van der Waals surface area contributed by atoms with Gasteiger partial charge in [0.25, 0.3) is 0 Å². The van der Waals surface area contributed by atoms with Gasteiger partial charge >= 0.3 is 11.9 Å². The fourth-order valence-corrected chi connectivity index (χ4v) is 1.98. The average molecular weight is 281 g/mol. The summed E-state index contributed by atoms with van der Waals surface area (Å²) in [6, 6.07) is 0. The van der Waals surface area contributed by atoms with E-state index < -0.39 is 11.9 Å². The summed E-state index contributed by atoms with van der Waals surface area (Å²) in [6.45, 7) is 5.38. The lowest BCUT2D eigenvalue weighted by Gasteiger charge is -2.02. The van der Waals surface area contributed by atoms with Gasteiger partial charge in [-0.05, 0) is 26.3 Å². The van der Waals surface area contributed by atoms with Crippen LogP contribution in [0.5, 0.6) is 0 Å². The topological polar surface area (TPSA) is 85.5 Å². The standard InChI is InChI=1S/C14H19NO5/c1-5-20-14(18)12-8(2)13(15-9(12)3)10(16)6-7-11(17)19-4/h15H,5-7H2,1-4H3. The fourth-order valence-electron chi connectivity index (χ4n) is 1.98. The van der Waals surface area contributed by atoms with E-state index >= 15 is 0 Å². The van der Waals surface area contributed by atoms with E-state index in [9.17, 15) is 14.4 Å². The molecule has 0 unspecified atom stereocenters. The van der Waals surface area contributed by atoms with Gasteiger partial charge in [-0.2, -0.15) is 0 Å². The lowest BCUT2D eigenvalue weighted by molar-refractivity contribution is -0.140. The maximum Gasteiger partial charge on any atom is 0.340 e. The molecule has 0 atom stereocenters. The molecule has 0 aromatic carbocycles. The minimum atomic E-state index is -0.453. The molecule has 0 spiro atoms. The number of ether oxygens (including phenoxy) is 2. The van der Waals surface area contributed by atoms with Crippen molar-refractivity contribution in [2.24, 2.45) is 0 Å². The molecule has 110 valence electrons. The molecule has 0 aliphatic carbocycles. The minimum Gasteiger partial charge on any atom is -0.469 e. The van der Waals surface area contributed by atoms with Crippen LogP contribution in [0.4, 0.5) is 0 Å². The number of aryl methyl sites for hydroxylation is 1. The molecule has 0 saturated heterocycles. The first-order chi connectivity index (χ1) is 9.42. The Kier molecular flexibility index (Phi) is 5.49. The van der Waals surface area contributed by atoms with Gasteiger partial charge in [-0.15, -0.1) is 0 Å². The summed E-state index contributed by atoms with van der Waals surface area (Å²) in [7, 11) is 1.27. The van der Waals surface area contributed by atoms with Crippen LogP contribution in [-0.2, 0) is 14.3 Å². The van der Waals surface area contributed by atoms with E-state index in [1.807, 2.05) is 0 Å². The van der Waals surface area contributed by atoms with Crippen molar-refractivity contribution in [1.29, 1.82) is 0 Å². The zero-order chi connectivity index (χ0) is 15.3. The average Bonchev–Trinajstić information content (AvgIpc) is 2.71. The van der Waals surface area contributed by atoms with Crippen molar-refractivity contribution in [3.63, 3.8) is 0 Å². The number of hydrogen-bond acceptors (Lipinski definition) is 5. The van der Waals surface area contributed by atoms with Crippen molar-refractivity contribution < 1.29 is 23.9 Å². The Morgan fingerprint density at radius 3 is 2.35 bits per heavy atom. The molecule has 0 saturated carbocycles. The van der Waals surface area contributed by atoms with Gasteiger partial charge in [-0.25, -0.2) is 4.79 Å². The number of hydrogen-bond donors (Lipinski definition) is 1. The first kappa shape index (κ1) is 15.9. The minimum absolute atomic E-state index is 0.0155. The molecular weight excluding hydrogens is 262 g/mol. The molecule has 0 bridgehead atoms. The molecule has 1 aromatic rings. The molecule has 20 heavy (non-hydrogen) atoms. The second-order valence-electron chi connectivity index (χ2n) is 4.34. The van der Waals surface area contributed by atoms with Crippen LogP contribution in [-0.4, -0.2) is 36.4 Å². The van der Waals surface area contributed by atoms with Crippen molar-refractivity contribution in [3.8, 4) is 0 Å². The Hall–Kier alpha value is -2.11. The van der Waals surface area contributed by atoms with Crippen LogP contribution in [0.15, 0.2) is 0 Å². The van der Waals surface area contributed by atoms with Crippen molar-refractivity contribution in [2.75, 3.05) is 13.7 Å². The van der Waals surface area contributed by atoms with Gasteiger partial charge in [0, 0.05) is 12.1 Å². The number of carbonyl (C=O) groups is 3. The molecule has 0 amide bonds. The first-order valence-electron chi connectivity index (χ1n) is 6.38. The highest BCUT2D eigenvalue weighted by molar-refractivity contribution is 6.02. The second-order valence-corrected chi connectivity index (χ2v) is 4.34. The predicted molar refractivity (Wildman–Crippen MR) is 71.8 cm³/mol. The van der Waals surface area contributed by atoms with Gasteiger partial charge < -0.3 is 14.5 Å². The van der Waals surface area contributed by atoms with Crippen LogP contribution in [0, 0.1) is 13.8 Å². The first-order valence-corrected chi connectivity index (χ1v) is 6.38. The van der Waals surface area contributed by atoms with Crippen molar-refractivity contribution in [3.05, 3.63) is 22.5 Å². The number of methoxy groups -OCH3 is 1. The number of nitrogens with one attached hydrogen (secondary N) is 1. The van der Waals surface area contributed by atoms with Crippen LogP contribution in [0.3, 0.4) is 0 Å². The van der Waals surface area contributed by atoms with Gasteiger partial charge in [-0.1, -0.05) is 0 Å². The molecule has 0 aliphatic rings. The van der Waals surface area contributed by atoms with Crippen molar-refractivity contribution >= 4 is 17.7 Å². The molecule has 1 N–H and O–H groups in total. The van der Waals surface area contributed by atoms with E-state index in [1.165, 1.54) is 7.11 Å². The molecule has 1 rings (SSSR count). The SMILES string of the molecule is CCOC(=O)c1c(C)[nH]c(C(=O)CCC(=O)OC)c1C. The van der Waals surface area contributed by atoms with E-state index in [4.69, 9.17) is 4.74 Å². The number of carbonyl (C=O) groups excluding carboxylic acids is 3. The lowest BCUT2D eigenvalue weighted by atomic mass is 10.1. The van der Waals surface area contributed by atoms with Gasteiger partial charge in [0.1, 0.15) is 0 Å². The van der Waals surface area contributed by atoms with Crippen LogP contribution in [0.2, 0.25) is 0 Å². The second kappa shape index (κ2) is 6.88. The van der Waals surface area contributed by atoms with E-state index in [0.29, 0.717) is 22.5 Å². The Morgan fingerprint density at radius 1 is 1.15 bits per heavy atom. The maximum absolute atomic E-state index is 12.0. The van der Waals surface area contributed by atoms with Gasteiger partial charge in [0.2, 0.25) is 0 Å². The zero-order valence-electron chi connectivity index (χ0n) is 12.2. The van der Waals surface area contributed by atoms with E-state index in [-0.39, 0.29) is 25.2 Å². The number of ketones is 1. The Balaban J connectivity index is 2.92. The summed E-state index contributed by atoms with van der Waals surface area (Å²) in [4.78, 5) is 37.8. The van der Waals surface area contributed by atoms with Crippen LogP contribution in [0.25, 0.3) is 0 Å². The van der Waals surface area contributed by atoms with Gasteiger partial charge in [0.05, 0.1) is 31.4 Å². The molecule has 1 aromatic heterocycles. The number of H-pyrrole nitrogens is 1. The summed E-state index contributed by atoms with van der Waals surface area (Å²) < 4.78 is 9.44. The quantitative estimate of drug-likeness (QED) is 0.636. The third-order valence-corrected chi connectivity index (χ3v) is 2.98. The Morgan fingerprint density at radius 2 is 1.80 bits per heavy atom. The number of Topliss-reactive ketones (excluding diaryl/α,β-unsaturated/α-hetero) is 1. The summed E-state index contributed by atoms with van der Waals surface area (Å²) in [5.74, 6) is -1.12. The molecule has 0 aliphatic heterocycles. The summed E-state index contributed by atoms with van der Waals surface area (Å²) in [5, 5.41) is 0. The third kappa shape index (κ3) is 3.46. The van der Waals surface area contributed by atoms with E-state index in [1.54, 1.807) is 20.8 Å². The molecule has 0 fully saturated rings. The summed E-state index contributed by atoms with van der Waals surface area (Å²) in [6.07, 6.45) is 0.0529. The number of aromatic nitrogens is 1. The Labute approximate surface area is 117 Å². The lowest BCUT2D eigenvalue weighted by Crippen LogP contribution is -2.09. The van der Waals surface area contributed by atoms with Gasteiger partial charge in [-0.3, -0.25) is 9.59 Å². The highest BCUT2D eigenvalue weighted by Gasteiger charge is 2.22. The highest BCUT2D eigenvalue weighted by Crippen LogP contribution is 2.20. The number of aromatic amines is 1. The molecule has 6 heteroatoms. The van der Waals surface area contributed by atoms with Crippen LogP contribution in [0.1, 0.15) is 51.9 Å². The number of esters is 2. The van der Waals surface area contributed by atoms with E-state index in [0.717, 1.165) is 0 Å². The monoisotopic (exact) mass is 281 g/mol. The smallest absolute Gasteiger partial charge is 0.340 e. The fraction of sp³-hybridized carbons (Fsp3) is 0.500. The molecule has 0 radical (unpaired) electrons. The van der Waals surface area contributed by atoms with E-state index in [2.05, 4.69) is 9.72 Å². The van der Waals surface area contributed by atoms with Crippen molar-refractivity contribution in [1.82, 2.24) is 4.98 Å². The summed E-state index contributed by atoms with van der Waals surface area (Å²) in [5.41, 5.74) is 1.86. The maximum atomic E-state index is 12.0. The summed E-state index contributed by atoms with van der Waals surface area (Å²) >= 11 is 0. The van der Waals surface area contributed by atoms with Crippen LogP contribution < -0.4 is 0 Å². The largest absolute Gasteiger partial charge is 0.469 e. The van der Waals surface area contributed by atoms with Crippen LogP contribution >= 0.6 is 0 Å². The van der Waals surface area contributed by atoms with Crippen molar-refractivity contribution in [2.45, 2.75) is 33.6 Å². The normalized spacial score (nSPS) is 10.2.